The van der Waals surface area contributed by atoms with E-state index < -0.39 is 10.0 Å². The maximum Gasteiger partial charge on any atom is 0.252 e. The van der Waals surface area contributed by atoms with Crippen molar-refractivity contribution in [2.24, 2.45) is 5.92 Å². The first kappa shape index (κ1) is 21.8. The maximum atomic E-state index is 13.2. The van der Waals surface area contributed by atoms with Gasteiger partial charge in [0.2, 0.25) is 5.91 Å². The van der Waals surface area contributed by atoms with Gasteiger partial charge in [-0.25, -0.2) is 8.42 Å². The SMILES string of the molecule is CCN(Cc1ccc(N(C)C)cc1)C(=O)C1CCCN(S(=O)(=O)c2cccs2)C1. The quantitative estimate of drug-likeness (QED) is 0.670. The first-order chi connectivity index (χ1) is 13.8. The van der Waals surface area contributed by atoms with Crippen molar-refractivity contribution >= 4 is 33.0 Å². The molecule has 0 bridgehead atoms. The van der Waals surface area contributed by atoms with Crippen LogP contribution in [0.25, 0.3) is 0 Å². The van der Waals surface area contributed by atoms with Crippen molar-refractivity contribution in [2.75, 3.05) is 38.6 Å². The zero-order valence-electron chi connectivity index (χ0n) is 17.2. The van der Waals surface area contributed by atoms with Gasteiger partial charge >= 0.3 is 0 Å². The Labute approximate surface area is 177 Å². The molecule has 3 rings (SSSR count). The fourth-order valence-corrected chi connectivity index (χ4v) is 6.29. The standard InChI is InChI=1S/C21H29N3O3S2/c1-4-23(15-17-9-11-19(12-10-17)22(2)3)21(25)18-7-5-13-24(16-18)29(26,27)20-8-6-14-28-20/h6,8-12,14,18H,4-5,7,13,15-16H2,1-3H3. The zero-order valence-corrected chi connectivity index (χ0v) is 18.9. The summed E-state index contributed by atoms with van der Waals surface area (Å²) in [6.07, 6.45) is 1.43. The molecule has 1 unspecified atom stereocenters. The summed E-state index contributed by atoms with van der Waals surface area (Å²) in [5, 5.41) is 1.76. The Kier molecular flexibility index (Phi) is 6.97. The van der Waals surface area contributed by atoms with Gasteiger partial charge < -0.3 is 9.80 Å². The maximum absolute atomic E-state index is 13.2. The molecule has 8 heteroatoms. The molecule has 1 aromatic heterocycles. The van der Waals surface area contributed by atoms with Gasteiger partial charge in [-0.3, -0.25) is 4.79 Å². The number of rotatable bonds is 7. The highest BCUT2D eigenvalue weighted by Crippen LogP contribution is 2.27. The van der Waals surface area contributed by atoms with E-state index in [4.69, 9.17) is 0 Å². The minimum atomic E-state index is -3.51. The van der Waals surface area contributed by atoms with Crippen LogP contribution in [0, 0.1) is 5.92 Å². The number of hydrogen-bond donors (Lipinski definition) is 0. The van der Waals surface area contributed by atoms with Crippen LogP contribution < -0.4 is 4.90 Å². The Morgan fingerprint density at radius 2 is 1.93 bits per heavy atom. The summed E-state index contributed by atoms with van der Waals surface area (Å²) < 4.78 is 27.5. The number of carbonyl (C=O) groups excluding carboxylic acids is 1. The monoisotopic (exact) mass is 435 g/mol. The van der Waals surface area contributed by atoms with Gasteiger partial charge in [0.05, 0.1) is 5.92 Å². The predicted molar refractivity (Wildman–Crippen MR) is 118 cm³/mol. The van der Waals surface area contributed by atoms with Gasteiger partial charge in [-0.05, 0) is 48.9 Å². The molecule has 0 saturated carbocycles. The summed E-state index contributed by atoms with van der Waals surface area (Å²) in [5.41, 5.74) is 2.19. The molecule has 29 heavy (non-hydrogen) atoms. The Morgan fingerprint density at radius 3 is 2.52 bits per heavy atom. The van der Waals surface area contributed by atoms with Crippen LogP contribution in [0.15, 0.2) is 46.0 Å². The summed E-state index contributed by atoms with van der Waals surface area (Å²) in [5.74, 6) is -0.255. The summed E-state index contributed by atoms with van der Waals surface area (Å²) in [6.45, 7) is 3.84. The molecule has 1 aliphatic heterocycles. The normalized spacial score (nSPS) is 17.8. The highest BCUT2D eigenvalue weighted by molar-refractivity contribution is 7.91. The Hall–Kier alpha value is -1.90. The number of hydrogen-bond acceptors (Lipinski definition) is 5. The number of carbonyl (C=O) groups is 1. The van der Waals surface area contributed by atoms with E-state index in [0.717, 1.165) is 17.7 Å². The lowest BCUT2D eigenvalue weighted by atomic mass is 9.97. The second-order valence-corrected chi connectivity index (χ2v) is 10.7. The largest absolute Gasteiger partial charge is 0.378 e. The van der Waals surface area contributed by atoms with Crippen LogP contribution in [0.4, 0.5) is 5.69 Å². The van der Waals surface area contributed by atoms with Crippen LogP contribution in [0.2, 0.25) is 0 Å². The fourth-order valence-electron chi connectivity index (χ4n) is 3.62. The van der Waals surface area contributed by atoms with Gasteiger partial charge in [0.25, 0.3) is 10.0 Å². The van der Waals surface area contributed by atoms with Crippen LogP contribution in [0.3, 0.4) is 0 Å². The highest BCUT2D eigenvalue weighted by atomic mass is 32.2. The third-order valence-corrected chi connectivity index (χ3v) is 8.58. The molecule has 0 aliphatic carbocycles. The molecule has 6 nitrogen and oxygen atoms in total. The molecule has 1 amide bonds. The van der Waals surface area contributed by atoms with Crippen molar-refractivity contribution < 1.29 is 13.2 Å². The lowest BCUT2D eigenvalue weighted by Crippen LogP contribution is -2.46. The molecule has 1 aliphatic rings. The van der Waals surface area contributed by atoms with Gasteiger partial charge in [-0.1, -0.05) is 18.2 Å². The van der Waals surface area contributed by atoms with E-state index in [2.05, 4.69) is 0 Å². The average Bonchev–Trinajstić information content (AvgIpc) is 3.28. The highest BCUT2D eigenvalue weighted by Gasteiger charge is 2.35. The summed E-state index contributed by atoms with van der Waals surface area (Å²) in [4.78, 5) is 17.0. The second-order valence-electron chi connectivity index (χ2n) is 7.55. The minimum absolute atomic E-state index is 0.0373. The summed E-state index contributed by atoms with van der Waals surface area (Å²) in [6, 6.07) is 11.5. The smallest absolute Gasteiger partial charge is 0.252 e. The van der Waals surface area contributed by atoms with E-state index in [1.54, 1.807) is 17.5 Å². The van der Waals surface area contributed by atoms with E-state index >= 15 is 0 Å². The third-order valence-electron chi connectivity index (χ3n) is 5.34. The lowest BCUT2D eigenvalue weighted by molar-refractivity contribution is -0.137. The van der Waals surface area contributed by atoms with E-state index in [-0.39, 0.29) is 18.4 Å². The van der Waals surface area contributed by atoms with Crippen LogP contribution >= 0.6 is 11.3 Å². The van der Waals surface area contributed by atoms with E-state index in [1.807, 2.05) is 55.1 Å². The first-order valence-electron chi connectivity index (χ1n) is 9.91. The summed E-state index contributed by atoms with van der Waals surface area (Å²) in [7, 11) is 0.479. The van der Waals surface area contributed by atoms with Crippen molar-refractivity contribution in [2.45, 2.75) is 30.5 Å². The first-order valence-corrected chi connectivity index (χ1v) is 12.2. The van der Waals surface area contributed by atoms with Crippen molar-refractivity contribution in [1.29, 1.82) is 0 Å². The number of nitrogens with zero attached hydrogens (tertiary/aromatic N) is 3. The van der Waals surface area contributed by atoms with Gasteiger partial charge in [-0.2, -0.15) is 4.31 Å². The van der Waals surface area contributed by atoms with Crippen molar-refractivity contribution in [1.82, 2.24) is 9.21 Å². The average molecular weight is 436 g/mol. The van der Waals surface area contributed by atoms with Gasteiger partial charge in [0.1, 0.15) is 4.21 Å². The van der Waals surface area contributed by atoms with Crippen LogP contribution in [-0.4, -0.2) is 57.3 Å². The Morgan fingerprint density at radius 1 is 1.21 bits per heavy atom. The minimum Gasteiger partial charge on any atom is -0.378 e. The zero-order chi connectivity index (χ0) is 21.0. The molecule has 158 valence electrons. The van der Waals surface area contributed by atoms with Crippen molar-refractivity contribution in [3.63, 3.8) is 0 Å². The van der Waals surface area contributed by atoms with E-state index in [0.29, 0.717) is 30.3 Å². The topological polar surface area (TPSA) is 60.9 Å². The van der Waals surface area contributed by atoms with Crippen molar-refractivity contribution in [3.8, 4) is 0 Å². The molecular weight excluding hydrogens is 406 g/mol. The number of sulfonamides is 1. The van der Waals surface area contributed by atoms with Gasteiger partial charge in [0, 0.05) is 46.0 Å². The molecule has 0 radical (unpaired) electrons. The number of amides is 1. The summed E-state index contributed by atoms with van der Waals surface area (Å²) >= 11 is 1.22. The van der Waals surface area contributed by atoms with Gasteiger partial charge in [-0.15, -0.1) is 11.3 Å². The Balaban J connectivity index is 1.69. The molecule has 1 aromatic carbocycles. The molecule has 1 saturated heterocycles. The number of thiophene rings is 1. The van der Waals surface area contributed by atoms with E-state index in [1.165, 1.54) is 15.6 Å². The molecular formula is C21H29N3O3S2. The lowest BCUT2D eigenvalue weighted by Gasteiger charge is -2.34. The molecule has 2 heterocycles. The van der Waals surface area contributed by atoms with Crippen LogP contribution in [0.5, 0.6) is 0 Å². The van der Waals surface area contributed by atoms with Crippen LogP contribution in [0.1, 0.15) is 25.3 Å². The third kappa shape index (κ3) is 4.99. The molecule has 0 N–H and O–H groups in total. The number of benzene rings is 1. The van der Waals surface area contributed by atoms with Gasteiger partial charge in [0.15, 0.2) is 0 Å². The molecule has 1 fully saturated rings. The fraction of sp³-hybridized carbons (Fsp3) is 0.476. The number of anilines is 1. The van der Waals surface area contributed by atoms with Crippen molar-refractivity contribution in [3.05, 3.63) is 47.3 Å². The second kappa shape index (κ2) is 9.28. The molecule has 2 aromatic rings. The Bertz CT molecular complexity index is 909. The van der Waals surface area contributed by atoms with Crippen LogP contribution in [-0.2, 0) is 21.4 Å². The van der Waals surface area contributed by atoms with E-state index in [9.17, 15) is 13.2 Å². The number of piperidine rings is 1. The predicted octanol–water partition coefficient (Wildman–Crippen LogP) is 3.26. The molecule has 0 spiro atoms. The molecule has 1 atom stereocenters.